The number of carbonyl (C=O) groups is 1. The smallest absolute Gasteiger partial charge is 0.263 e. The largest absolute Gasteiger partial charge is 0.348 e. The van der Waals surface area contributed by atoms with Gasteiger partial charge in [-0.15, -0.1) is 11.3 Å². The summed E-state index contributed by atoms with van der Waals surface area (Å²) in [5.74, 6) is -0.0203. The summed E-state index contributed by atoms with van der Waals surface area (Å²) in [5, 5.41) is 5.62. The Morgan fingerprint density at radius 2 is 2.22 bits per heavy atom. The Hall–Kier alpha value is -0.580. The third kappa shape index (κ3) is 3.05. The van der Waals surface area contributed by atoms with E-state index in [0.29, 0.717) is 15.9 Å². The molecule has 18 heavy (non-hydrogen) atoms. The van der Waals surface area contributed by atoms with E-state index in [9.17, 15) is 4.79 Å². The van der Waals surface area contributed by atoms with Crippen LogP contribution in [0.15, 0.2) is 5.38 Å². The van der Waals surface area contributed by atoms with Gasteiger partial charge in [0.05, 0.1) is 5.02 Å². The number of nitrogens with one attached hydrogen (secondary N) is 1. The normalized spacial score (nSPS) is 17.9. The number of amides is 1. The first-order valence-corrected chi connectivity index (χ1v) is 7.64. The molecule has 1 N–H and O–H groups in total. The topological polar surface area (TPSA) is 32.3 Å². The molecule has 1 saturated heterocycles. The lowest BCUT2D eigenvalue weighted by Gasteiger charge is -2.31. The number of carbonyl (C=O) groups excluding carboxylic acids is 1. The van der Waals surface area contributed by atoms with E-state index in [4.69, 9.17) is 11.6 Å². The van der Waals surface area contributed by atoms with Crippen molar-refractivity contribution in [3.05, 3.63) is 20.8 Å². The van der Waals surface area contributed by atoms with Gasteiger partial charge in [-0.2, -0.15) is 0 Å². The van der Waals surface area contributed by atoms with Crippen LogP contribution in [0.4, 0.5) is 0 Å². The second-order valence-electron chi connectivity index (χ2n) is 4.74. The Kier molecular flexibility index (Phi) is 4.65. The number of nitrogens with zero attached hydrogens (tertiary/aromatic N) is 1. The Morgan fingerprint density at radius 1 is 1.56 bits per heavy atom. The molecule has 1 aliphatic rings. The van der Waals surface area contributed by atoms with E-state index < -0.39 is 0 Å². The number of halogens is 1. The highest BCUT2D eigenvalue weighted by molar-refractivity contribution is 7.13. The zero-order chi connectivity index (χ0) is 13.1. The maximum Gasteiger partial charge on any atom is 0.263 e. The number of rotatable bonds is 3. The second kappa shape index (κ2) is 6.04. The average molecular weight is 287 g/mol. The predicted molar refractivity (Wildman–Crippen MR) is 76.7 cm³/mol. The van der Waals surface area contributed by atoms with Gasteiger partial charge in [0.2, 0.25) is 0 Å². The minimum absolute atomic E-state index is 0.0203. The van der Waals surface area contributed by atoms with Crippen molar-refractivity contribution in [2.45, 2.75) is 32.7 Å². The van der Waals surface area contributed by atoms with Gasteiger partial charge in [-0.3, -0.25) is 4.79 Å². The van der Waals surface area contributed by atoms with E-state index in [1.54, 1.807) is 0 Å². The molecule has 1 amide bonds. The molecule has 2 rings (SSSR count). The van der Waals surface area contributed by atoms with Gasteiger partial charge < -0.3 is 10.2 Å². The summed E-state index contributed by atoms with van der Waals surface area (Å²) >= 11 is 7.53. The molecule has 1 aromatic rings. The monoisotopic (exact) mass is 286 g/mol. The fraction of sp³-hybridized carbons (Fsp3) is 0.615. The highest BCUT2D eigenvalue weighted by Gasteiger charge is 2.22. The van der Waals surface area contributed by atoms with Gasteiger partial charge >= 0.3 is 0 Å². The van der Waals surface area contributed by atoms with Gasteiger partial charge in [0, 0.05) is 19.1 Å². The van der Waals surface area contributed by atoms with E-state index in [-0.39, 0.29) is 5.91 Å². The molecule has 5 heteroatoms. The van der Waals surface area contributed by atoms with Crippen LogP contribution in [0.1, 0.15) is 35.0 Å². The summed E-state index contributed by atoms with van der Waals surface area (Å²) in [6.45, 7) is 7.33. The van der Waals surface area contributed by atoms with Crippen molar-refractivity contribution in [2.75, 3.05) is 19.6 Å². The maximum atomic E-state index is 12.1. The average Bonchev–Trinajstić information content (AvgIpc) is 2.71. The third-order valence-corrected chi connectivity index (χ3v) is 5.17. The van der Waals surface area contributed by atoms with Crippen molar-refractivity contribution < 1.29 is 4.79 Å². The van der Waals surface area contributed by atoms with Crippen LogP contribution in [-0.4, -0.2) is 36.5 Å². The first-order valence-electron chi connectivity index (χ1n) is 6.38. The number of likely N-dealkylation sites (tertiary alicyclic amines) is 1. The zero-order valence-corrected chi connectivity index (χ0v) is 12.4. The van der Waals surface area contributed by atoms with Gasteiger partial charge in [0.15, 0.2) is 0 Å². The van der Waals surface area contributed by atoms with E-state index in [1.165, 1.54) is 11.3 Å². The van der Waals surface area contributed by atoms with Crippen LogP contribution in [0.2, 0.25) is 5.02 Å². The van der Waals surface area contributed by atoms with Gasteiger partial charge in [-0.1, -0.05) is 18.5 Å². The number of hydrogen-bond donors (Lipinski definition) is 1. The van der Waals surface area contributed by atoms with E-state index in [2.05, 4.69) is 17.1 Å². The van der Waals surface area contributed by atoms with Crippen LogP contribution in [-0.2, 0) is 0 Å². The molecule has 3 nitrogen and oxygen atoms in total. The summed E-state index contributed by atoms with van der Waals surface area (Å²) in [5.41, 5.74) is 0.979. The minimum Gasteiger partial charge on any atom is -0.348 e. The van der Waals surface area contributed by atoms with Crippen LogP contribution >= 0.6 is 22.9 Å². The Bertz CT molecular complexity index is 425. The summed E-state index contributed by atoms with van der Waals surface area (Å²) < 4.78 is 0. The van der Waals surface area contributed by atoms with E-state index >= 15 is 0 Å². The molecule has 1 aliphatic heterocycles. The molecule has 0 aliphatic carbocycles. The molecule has 0 aromatic carbocycles. The summed E-state index contributed by atoms with van der Waals surface area (Å²) in [6, 6.07) is 0.291. The number of piperidine rings is 1. The molecule has 0 spiro atoms. The molecule has 1 fully saturated rings. The lowest BCUT2D eigenvalue weighted by molar-refractivity contribution is 0.0917. The Morgan fingerprint density at radius 3 is 2.72 bits per heavy atom. The van der Waals surface area contributed by atoms with Crippen molar-refractivity contribution in [1.82, 2.24) is 10.2 Å². The fourth-order valence-corrected chi connectivity index (χ4v) is 3.41. The van der Waals surface area contributed by atoms with Crippen molar-refractivity contribution in [1.29, 1.82) is 0 Å². The van der Waals surface area contributed by atoms with Crippen LogP contribution in [0.5, 0.6) is 0 Å². The fourth-order valence-electron chi connectivity index (χ4n) is 2.23. The molecule has 0 radical (unpaired) electrons. The van der Waals surface area contributed by atoms with Crippen molar-refractivity contribution >= 4 is 28.8 Å². The van der Waals surface area contributed by atoms with Crippen LogP contribution in [0.3, 0.4) is 0 Å². The third-order valence-electron chi connectivity index (χ3n) is 3.48. The highest BCUT2D eigenvalue weighted by atomic mass is 35.5. The molecule has 0 bridgehead atoms. The second-order valence-corrected chi connectivity index (χ2v) is 6.00. The molecule has 100 valence electrons. The SMILES string of the molecule is CCN1CCC(NC(=O)c2scc(C)c2Cl)CC1. The maximum absolute atomic E-state index is 12.1. The summed E-state index contributed by atoms with van der Waals surface area (Å²) in [4.78, 5) is 15.2. The van der Waals surface area contributed by atoms with Gasteiger partial charge in [0.1, 0.15) is 4.88 Å². The van der Waals surface area contributed by atoms with Crippen LogP contribution in [0.25, 0.3) is 0 Å². The highest BCUT2D eigenvalue weighted by Crippen LogP contribution is 2.27. The molecule has 0 unspecified atom stereocenters. The number of aryl methyl sites for hydroxylation is 1. The van der Waals surface area contributed by atoms with Gasteiger partial charge in [-0.05, 0) is 37.3 Å². The van der Waals surface area contributed by atoms with Crippen molar-refractivity contribution in [2.24, 2.45) is 0 Å². The van der Waals surface area contributed by atoms with Gasteiger partial charge in [-0.25, -0.2) is 0 Å². The molecule has 0 saturated carbocycles. The standard InChI is InChI=1S/C13H19ClN2OS/c1-3-16-6-4-10(5-7-16)15-13(17)12-11(14)9(2)8-18-12/h8,10H,3-7H2,1-2H3,(H,15,17). The lowest BCUT2D eigenvalue weighted by Crippen LogP contribution is -2.44. The first-order chi connectivity index (χ1) is 8.61. The van der Waals surface area contributed by atoms with Crippen LogP contribution in [0, 0.1) is 6.92 Å². The molecule has 1 aromatic heterocycles. The Labute approximate surface area is 117 Å². The first kappa shape index (κ1) is 13.8. The zero-order valence-electron chi connectivity index (χ0n) is 10.8. The van der Waals surface area contributed by atoms with Gasteiger partial charge in [0.25, 0.3) is 5.91 Å². The quantitative estimate of drug-likeness (QED) is 0.927. The molecular formula is C13H19ClN2OS. The number of hydrogen-bond acceptors (Lipinski definition) is 3. The number of thiophene rings is 1. The van der Waals surface area contributed by atoms with Crippen molar-refractivity contribution in [3.63, 3.8) is 0 Å². The minimum atomic E-state index is -0.0203. The molecule has 0 atom stereocenters. The molecule has 2 heterocycles. The summed E-state index contributed by atoms with van der Waals surface area (Å²) in [6.07, 6.45) is 2.06. The Balaban J connectivity index is 1.91. The van der Waals surface area contributed by atoms with E-state index in [0.717, 1.165) is 38.0 Å². The predicted octanol–water partition coefficient (Wildman–Crippen LogP) is 2.92. The van der Waals surface area contributed by atoms with E-state index in [1.807, 2.05) is 12.3 Å². The van der Waals surface area contributed by atoms with Crippen LogP contribution < -0.4 is 5.32 Å². The van der Waals surface area contributed by atoms with Crippen molar-refractivity contribution in [3.8, 4) is 0 Å². The summed E-state index contributed by atoms with van der Waals surface area (Å²) in [7, 11) is 0. The molecular weight excluding hydrogens is 268 g/mol. The lowest BCUT2D eigenvalue weighted by atomic mass is 10.1.